The molecule has 1 atom stereocenters. The zero-order valence-corrected chi connectivity index (χ0v) is 25.8. The Labute approximate surface area is 260 Å². The van der Waals surface area contributed by atoms with Crippen LogP contribution in [0, 0.1) is 6.92 Å². The van der Waals surface area contributed by atoms with Crippen LogP contribution in [0.2, 0.25) is 0 Å². The highest BCUT2D eigenvalue weighted by Crippen LogP contribution is 2.26. The van der Waals surface area contributed by atoms with Crippen molar-refractivity contribution in [2.75, 3.05) is 10.8 Å². The molecule has 1 fully saturated rings. The first-order valence-corrected chi connectivity index (χ1v) is 16.6. The number of nitrogens with zero attached hydrogens (tertiary/aromatic N) is 2. The van der Waals surface area contributed by atoms with Gasteiger partial charge in [-0.3, -0.25) is 13.9 Å². The molecule has 1 aliphatic carbocycles. The highest BCUT2D eigenvalue weighted by molar-refractivity contribution is 7.92. The number of carbonyl (C=O) groups is 2. The average molecular weight is 610 g/mol. The second-order valence-corrected chi connectivity index (χ2v) is 13.2. The largest absolute Gasteiger partial charge is 0.352 e. The van der Waals surface area contributed by atoms with Crippen molar-refractivity contribution in [3.8, 4) is 0 Å². The summed E-state index contributed by atoms with van der Waals surface area (Å²) >= 11 is 0. The van der Waals surface area contributed by atoms with Gasteiger partial charge in [0.15, 0.2) is 0 Å². The Balaban J connectivity index is 1.54. The monoisotopic (exact) mass is 609 g/mol. The van der Waals surface area contributed by atoms with Crippen molar-refractivity contribution in [1.82, 2.24) is 10.2 Å². The van der Waals surface area contributed by atoms with Crippen LogP contribution in [0.1, 0.15) is 42.4 Å². The normalized spacial score (nSPS) is 14.1. The Bertz CT molecular complexity index is 1620. The molecule has 0 radical (unpaired) electrons. The van der Waals surface area contributed by atoms with E-state index in [1.165, 1.54) is 0 Å². The fraction of sp³-hybridized carbons (Fsp3) is 0.278. The summed E-state index contributed by atoms with van der Waals surface area (Å²) in [6, 6.07) is 33.6. The van der Waals surface area contributed by atoms with Crippen LogP contribution in [0.15, 0.2) is 120 Å². The van der Waals surface area contributed by atoms with E-state index in [0.717, 1.165) is 46.7 Å². The molecule has 44 heavy (non-hydrogen) atoms. The number of hydrogen-bond acceptors (Lipinski definition) is 4. The van der Waals surface area contributed by atoms with Gasteiger partial charge in [0.05, 0.1) is 10.6 Å². The average Bonchev–Trinajstić information content (AvgIpc) is 3.56. The summed E-state index contributed by atoms with van der Waals surface area (Å²) < 4.78 is 29.3. The molecule has 0 aliphatic heterocycles. The van der Waals surface area contributed by atoms with E-state index in [1.54, 1.807) is 59.5 Å². The lowest BCUT2D eigenvalue weighted by Crippen LogP contribution is -2.54. The third kappa shape index (κ3) is 7.74. The van der Waals surface area contributed by atoms with E-state index < -0.39 is 28.5 Å². The lowest BCUT2D eigenvalue weighted by atomic mass is 10.0. The Morgan fingerprint density at radius 3 is 1.91 bits per heavy atom. The Morgan fingerprint density at radius 2 is 1.32 bits per heavy atom. The molecule has 1 unspecified atom stereocenters. The molecule has 0 heterocycles. The van der Waals surface area contributed by atoms with E-state index in [2.05, 4.69) is 5.32 Å². The smallest absolute Gasteiger partial charge is 0.264 e. The van der Waals surface area contributed by atoms with E-state index in [0.29, 0.717) is 12.1 Å². The molecular formula is C36H39N3O4S. The number of carbonyl (C=O) groups excluding carboxylic acids is 2. The van der Waals surface area contributed by atoms with Gasteiger partial charge in [-0.1, -0.05) is 109 Å². The number of aryl methyl sites for hydroxylation is 1. The summed E-state index contributed by atoms with van der Waals surface area (Å²) in [5, 5.41) is 3.20. The van der Waals surface area contributed by atoms with Crippen molar-refractivity contribution < 1.29 is 18.0 Å². The Kier molecular flexibility index (Phi) is 10.1. The summed E-state index contributed by atoms with van der Waals surface area (Å²) in [5.74, 6) is -0.686. The third-order valence-corrected chi connectivity index (χ3v) is 9.89. The maximum absolute atomic E-state index is 14.5. The van der Waals surface area contributed by atoms with Crippen LogP contribution >= 0.6 is 0 Å². The molecule has 228 valence electrons. The number of sulfonamides is 1. The van der Waals surface area contributed by atoms with Crippen LogP contribution in [-0.2, 0) is 32.6 Å². The molecule has 8 heteroatoms. The van der Waals surface area contributed by atoms with Crippen LogP contribution in [-0.4, -0.2) is 43.8 Å². The predicted molar refractivity (Wildman–Crippen MR) is 173 cm³/mol. The van der Waals surface area contributed by atoms with Gasteiger partial charge in [0.2, 0.25) is 11.8 Å². The predicted octanol–water partition coefficient (Wildman–Crippen LogP) is 5.89. The number of para-hydroxylation sites is 1. The van der Waals surface area contributed by atoms with Crippen LogP contribution in [0.5, 0.6) is 0 Å². The van der Waals surface area contributed by atoms with Gasteiger partial charge in [-0.2, -0.15) is 0 Å². The van der Waals surface area contributed by atoms with Gasteiger partial charge in [0.1, 0.15) is 12.6 Å². The number of amides is 2. The first-order chi connectivity index (χ1) is 21.3. The molecule has 0 saturated heterocycles. The van der Waals surface area contributed by atoms with Crippen LogP contribution < -0.4 is 9.62 Å². The van der Waals surface area contributed by atoms with Crippen molar-refractivity contribution in [1.29, 1.82) is 0 Å². The van der Waals surface area contributed by atoms with E-state index >= 15 is 0 Å². The number of hydrogen-bond donors (Lipinski definition) is 1. The minimum absolute atomic E-state index is 0.0668. The van der Waals surface area contributed by atoms with Crippen molar-refractivity contribution in [3.05, 3.63) is 132 Å². The summed E-state index contributed by atoms with van der Waals surface area (Å²) in [6.07, 6.45) is 4.24. The van der Waals surface area contributed by atoms with Crippen LogP contribution in [0.4, 0.5) is 5.69 Å². The molecule has 2 amide bonds. The second kappa shape index (κ2) is 14.4. The van der Waals surface area contributed by atoms with Crippen molar-refractivity contribution in [3.63, 3.8) is 0 Å². The van der Waals surface area contributed by atoms with Gasteiger partial charge in [0, 0.05) is 19.0 Å². The standard InChI is InChI=1S/C36H39N3O4S/c1-28-21-23-33(24-22-28)44(42,43)39(32-19-9-4-10-20-32)27-35(40)38(26-30-15-7-3-8-16-30)34(25-29-13-5-2-6-14-29)36(41)37-31-17-11-12-18-31/h2-10,13-16,19-24,31,34H,11-12,17-18,25-27H2,1H3,(H,37,41). The highest BCUT2D eigenvalue weighted by atomic mass is 32.2. The number of rotatable bonds is 12. The molecule has 0 aromatic heterocycles. The highest BCUT2D eigenvalue weighted by Gasteiger charge is 2.35. The Hall–Kier alpha value is -4.43. The molecule has 1 saturated carbocycles. The van der Waals surface area contributed by atoms with Gasteiger partial charge in [-0.25, -0.2) is 8.42 Å². The van der Waals surface area contributed by atoms with E-state index in [-0.39, 0.29) is 23.4 Å². The summed E-state index contributed by atoms with van der Waals surface area (Å²) in [6.45, 7) is 1.58. The zero-order valence-electron chi connectivity index (χ0n) is 25.0. The SMILES string of the molecule is Cc1ccc(S(=O)(=O)N(CC(=O)N(Cc2ccccc2)C(Cc2ccccc2)C(=O)NC2CCCC2)c2ccccc2)cc1. The fourth-order valence-electron chi connectivity index (χ4n) is 5.66. The minimum Gasteiger partial charge on any atom is -0.352 e. The molecule has 4 aromatic carbocycles. The third-order valence-electron chi connectivity index (χ3n) is 8.10. The number of nitrogens with one attached hydrogen (secondary N) is 1. The number of benzene rings is 4. The van der Waals surface area contributed by atoms with Crippen LogP contribution in [0.25, 0.3) is 0 Å². The lowest BCUT2D eigenvalue weighted by Gasteiger charge is -2.34. The van der Waals surface area contributed by atoms with Crippen molar-refractivity contribution in [2.24, 2.45) is 0 Å². The quantitative estimate of drug-likeness (QED) is 0.217. The maximum Gasteiger partial charge on any atom is 0.264 e. The van der Waals surface area contributed by atoms with Crippen molar-refractivity contribution >= 4 is 27.5 Å². The second-order valence-electron chi connectivity index (χ2n) is 11.4. The van der Waals surface area contributed by atoms with E-state index in [1.807, 2.05) is 67.6 Å². The van der Waals surface area contributed by atoms with Gasteiger partial charge in [-0.15, -0.1) is 0 Å². The zero-order chi connectivity index (χ0) is 30.9. The van der Waals surface area contributed by atoms with E-state index in [9.17, 15) is 18.0 Å². The molecular weight excluding hydrogens is 570 g/mol. The lowest BCUT2D eigenvalue weighted by molar-refractivity contribution is -0.140. The summed E-state index contributed by atoms with van der Waals surface area (Å²) in [7, 11) is -4.11. The van der Waals surface area contributed by atoms with Gasteiger partial charge < -0.3 is 10.2 Å². The molecule has 5 rings (SSSR count). The van der Waals surface area contributed by atoms with Crippen LogP contribution in [0.3, 0.4) is 0 Å². The summed E-state index contributed by atoms with van der Waals surface area (Å²) in [5.41, 5.74) is 3.06. The first kappa shape index (κ1) is 31.0. The van der Waals surface area contributed by atoms with Gasteiger partial charge in [0.25, 0.3) is 10.0 Å². The molecule has 1 N–H and O–H groups in total. The Morgan fingerprint density at radius 1 is 0.773 bits per heavy atom. The molecule has 0 bridgehead atoms. The summed E-state index contributed by atoms with van der Waals surface area (Å²) in [4.78, 5) is 30.1. The fourth-order valence-corrected chi connectivity index (χ4v) is 7.08. The number of anilines is 1. The molecule has 1 aliphatic rings. The first-order valence-electron chi connectivity index (χ1n) is 15.1. The van der Waals surface area contributed by atoms with E-state index in [4.69, 9.17) is 0 Å². The van der Waals surface area contributed by atoms with Gasteiger partial charge in [-0.05, 0) is 55.2 Å². The molecule has 4 aromatic rings. The maximum atomic E-state index is 14.5. The van der Waals surface area contributed by atoms with Gasteiger partial charge >= 0.3 is 0 Å². The molecule has 0 spiro atoms. The minimum atomic E-state index is -4.11. The molecule has 7 nitrogen and oxygen atoms in total. The van der Waals surface area contributed by atoms with Crippen molar-refractivity contribution in [2.45, 2.75) is 62.6 Å². The topological polar surface area (TPSA) is 86.8 Å².